The third kappa shape index (κ3) is 2.93. The SMILES string of the molecule is Oc1ccc(CNCC2CCCC2O)nc1. The van der Waals surface area contributed by atoms with E-state index in [-0.39, 0.29) is 11.9 Å². The van der Waals surface area contributed by atoms with Gasteiger partial charge in [-0.1, -0.05) is 6.42 Å². The number of rotatable bonds is 4. The van der Waals surface area contributed by atoms with E-state index in [2.05, 4.69) is 10.3 Å². The standard InChI is InChI=1S/C12H18N2O2/c15-11-5-4-10(14-8-11)7-13-6-9-2-1-3-12(9)16/h4-5,8-9,12-13,15-16H,1-3,6-7H2. The normalized spacial score (nSPS) is 24.8. The molecule has 1 fully saturated rings. The number of aliphatic hydroxyl groups excluding tert-OH is 1. The van der Waals surface area contributed by atoms with Gasteiger partial charge in [-0.3, -0.25) is 4.98 Å². The van der Waals surface area contributed by atoms with Crippen LogP contribution in [0.1, 0.15) is 25.0 Å². The van der Waals surface area contributed by atoms with Crippen molar-refractivity contribution in [2.24, 2.45) is 5.92 Å². The van der Waals surface area contributed by atoms with Crippen molar-refractivity contribution in [2.75, 3.05) is 6.54 Å². The largest absolute Gasteiger partial charge is 0.506 e. The van der Waals surface area contributed by atoms with Gasteiger partial charge in [-0.15, -0.1) is 0 Å². The Kier molecular flexibility index (Phi) is 3.74. The molecule has 0 amide bonds. The first kappa shape index (κ1) is 11.4. The van der Waals surface area contributed by atoms with Gasteiger partial charge in [0.15, 0.2) is 0 Å². The molecule has 2 rings (SSSR count). The molecule has 0 aromatic carbocycles. The van der Waals surface area contributed by atoms with Crippen LogP contribution in [0, 0.1) is 5.92 Å². The quantitative estimate of drug-likeness (QED) is 0.712. The van der Waals surface area contributed by atoms with Crippen molar-refractivity contribution in [2.45, 2.75) is 31.9 Å². The van der Waals surface area contributed by atoms with E-state index in [0.717, 1.165) is 31.5 Å². The first-order valence-electron chi connectivity index (χ1n) is 5.78. The van der Waals surface area contributed by atoms with Crippen LogP contribution in [0.25, 0.3) is 0 Å². The maximum absolute atomic E-state index is 9.63. The molecule has 16 heavy (non-hydrogen) atoms. The van der Waals surface area contributed by atoms with Crippen LogP contribution in [0.3, 0.4) is 0 Å². The van der Waals surface area contributed by atoms with Gasteiger partial charge in [-0.25, -0.2) is 0 Å². The highest BCUT2D eigenvalue weighted by molar-refractivity contribution is 5.17. The Morgan fingerprint density at radius 1 is 1.38 bits per heavy atom. The van der Waals surface area contributed by atoms with Crippen LogP contribution in [0.5, 0.6) is 5.75 Å². The van der Waals surface area contributed by atoms with Crippen molar-refractivity contribution >= 4 is 0 Å². The van der Waals surface area contributed by atoms with E-state index in [1.54, 1.807) is 12.1 Å². The summed E-state index contributed by atoms with van der Waals surface area (Å²) < 4.78 is 0. The molecule has 0 aliphatic heterocycles. The predicted molar refractivity (Wildman–Crippen MR) is 61.0 cm³/mol. The summed E-state index contributed by atoms with van der Waals surface area (Å²) in [6.07, 6.45) is 4.48. The third-order valence-electron chi connectivity index (χ3n) is 3.14. The summed E-state index contributed by atoms with van der Waals surface area (Å²) in [6.45, 7) is 1.52. The Morgan fingerprint density at radius 2 is 2.25 bits per heavy atom. The maximum Gasteiger partial charge on any atom is 0.133 e. The molecule has 0 radical (unpaired) electrons. The van der Waals surface area contributed by atoms with E-state index in [0.29, 0.717) is 12.5 Å². The Bertz CT molecular complexity index is 326. The number of nitrogens with zero attached hydrogens (tertiary/aromatic N) is 1. The maximum atomic E-state index is 9.63. The van der Waals surface area contributed by atoms with Gasteiger partial charge in [0.05, 0.1) is 18.0 Å². The minimum atomic E-state index is -0.139. The summed E-state index contributed by atoms with van der Waals surface area (Å²) in [5.74, 6) is 0.576. The fourth-order valence-corrected chi connectivity index (χ4v) is 2.16. The van der Waals surface area contributed by atoms with E-state index in [1.807, 2.05) is 0 Å². The molecule has 0 bridgehead atoms. The molecule has 1 aliphatic carbocycles. The molecule has 1 aromatic heterocycles. The number of nitrogens with one attached hydrogen (secondary N) is 1. The minimum absolute atomic E-state index is 0.139. The van der Waals surface area contributed by atoms with Crippen LogP contribution < -0.4 is 5.32 Å². The second-order valence-corrected chi connectivity index (χ2v) is 4.40. The Morgan fingerprint density at radius 3 is 2.88 bits per heavy atom. The molecule has 0 spiro atoms. The lowest BCUT2D eigenvalue weighted by molar-refractivity contribution is 0.131. The monoisotopic (exact) mass is 222 g/mol. The van der Waals surface area contributed by atoms with E-state index >= 15 is 0 Å². The van der Waals surface area contributed by atoms with Crippen molar-refractivity contribution in [3.8, 4) is 5.75 Å². The van der Waals surface area contributed by atoms with Crippen LogP contribution in [0.15, 0.2) is 18.3 Å². The lowest BCUT2D eigenvalue weighted by atomic mass is 10.1. The number of pyridine rings is 1. The summed E-state index contributed by atoms with van der Waals surface area (Å²) in [6, 6.07) is 3.43. The van der Waals surface area contributed by atoms with E-state index in [9.17, 15) is 5.11 Å². The fourth-order valence-electron chi connectivity index (χ4n) is 2.16. The molecule has 88 valence electrons. The number of hydrogen-bond acceptors (Lipinski definition) is 4. The number of aromatic nitrogens is 1. The first-order valence-corrected chi connectivity index (χ1v) is 5.78. The van der Waals surface area contributed by atoms with Crippen molar-refractivity contribution in [3.63, 3.8) is 0 Å². The Hall–Kier alpha value is -1.13. The molecule has 1 aliphatic rings. The van der Waals surface area contributed by atoms with Crippen molar-refractivity contribution in [1.29, 1.82) is 0 Å². The molecule has 2 unspecified atom stereocenters. The average molecular weight is 222 g/mol. The topological polar surface area (TPSA) is 65.4 Å². The zero-order valence-corrected chi connectivity index (χ0v) is 9.26. The lowest BCUT2D eigenvalue weighted by Gasteiger charge is -2.14. The van der Waals surface area contributed by atoms with Gasteiger partial charge in [-0.2, -0.15) is 0 Å². The van der Waals surface area contributed by atoms with Crippen LogP contribution in [-0.2, 0) is 6.54 Å². The summed E-state index contributed by atoms with van der Waals surface area (Å²) in [4.78, 5) is 4.09. The highest BCUT2D eigenvalue weighted by atomic mass is 16.3. The fraction of sp³-hybridized carbons (Fsp3) is 0.583. The Balaban J connectivity index is 1.73. The molecule has 4 nitrogen and oxygen atoms in total. The van der Waals surface area contributed by atoms with Gasteiger partial charge in [0, 0.05) is 13.1 Å². The second-order valence-electron chi connectivity index (χ2n) is 4.40. The Labute approximate surface area is 95.3 Å². The summed E-state index contributed by atoms with van der Waals surface area (Å²) in [7, 11) is 0. The number of hydrogen-bond donors (Lipinski definition) is 3. The molecular formula is C12H18N2O2. The molecule has 1 aromatic rings. The zero-order chi connectivity index (χ0) is 11.4. The second kappa shape index (κ2) is 5.27. The van der Waals surface area contributed by atoms with Gasteiger partial charge in [-0.05, 0) is 30.9 Å². The van der Waals surface area contributed by atoms with Gasteiger partial charge < -0.3 is 15.5 Å². The summed E-state index contributed by atoms with van der Waals surface area (Å²) >= 11 is 0. The van der Waals surface area contributed by atoms with Crippen molar-refractivity contribution in [3.05, 3.63) is 24.0 Å². The molecular weight excluding hydrogens is 204 g/mol. The molecule has 4 heteroatoms. The number of aromatic hydroxyl groups is 1. The van der Waals surface area contributed by atoms with Gasteiger partial charge in [0.2, 0.25) is 0 Å². The molecule has 2 atom stereocenters. The van der Waals surface area contributed by atoms with Gasteiger partial charge in [0.1, 0.15) is 5.75 Å². The smallest absolute Gasteiger partial charge is 0.133 e. The summed E-state index contributed by atoms with van der Waals surface area (Å²) in [5, 5.41) is 22.0. The van der Waals surface area contributed by atoms with Crippen LogP contribution in [0.4, 0.5) is 0 Å². The van der Waals surface area contributed by atoms with Gasteiger partial charge >= 0.3 is 0 Å². The first-order chi connectivity index (χ1) is 7.75. The molecule has 1 saturated carbocycles. The van der Waals surface area contributed by atoms with Gasteiger partial charge in [0.25, 0.3) is 0 Å². The van der Waals surface area contributed by atoms with Crippen LogP contribution in [-0.4, -0.2) is 27.8 Å². The van der Waals surface area contributed by atoms with Crippen LogP contribution >= 0.6 is 0 Å². The van der Waals surface area contributed by atoms with Crippen molar-refractivity contribution < 1.29 is 10.2 Å². The van der Waals surface area contributed by atoms with Crippen molar-refractivity contribution in [1.82, 2.24) is 10.3 Å². The minimum Gasteiger partial charge on any atom is -0.506 e. The van der Waals surface area contributed by atoms with Crippen LogP contribution in [0.2, 0.25) is 0 Å². The third-order valence-corrected chi connectivity index (χ3v) is 3.14. The average Bonchev–Trinajstić information content (AvgIpc) is 2.68. The highest BCUT2D eigenvalue weighted by Crippen LogP contribution is 2.24. The molecule has 3 N–H and O–H groups in total. The molecule has 0 saturated heterocycles. The highest BCUT2D eigenvalue weighted by Gasteiger charge is 2.24. The predicted octanol–water partition coefficient (Wildman–Crippen LogP) is 1.04. The lowest BCUT2D eigenvalue weighted by Crippen LogP contribution is -2.27. The van der Waals surface area contributed by atoms with E-state index < -0.39 is 0 Å². The molecule has 1 heterocycles. The zero-order valence-electron chi connectivity index (χ0n) is 9.26. The number of aliphatic hydroxyl groups is 1. The van der Waals surface area contributed by atoms with E-state index in [4.69, 9.17) is 5.11 Å². The summed E-state index contributed by atoms with van der Waals surface area (Å²) in [5.41, 5.74) is 0.908. The van der Waals surface area contributed by atoms with E-state index in [1.165, 1.54) is 6.20 Å².